The van der Waals surface area contributed by atoms with Gasteiger partial charge < -0.3 is 14.5 Å². The lowest BCUT2D eigenvalue weighted by molar-refractivity contribution is -0.140. The standard InChI is InChI=1S/C20H21N3O6/c1-12-9-17(25)29-15-10-13(5-6-14(12)15)28-11-16(24)22-23-18(26)20(21-19(23)27)7-3-2-4-8-20/h5-6,9-10H,2-4,7-8,11H2,1H3,(H,21,27)(H,22,24). The molecule has 2 heterocycles. The molecule has 1 saturated carbocycles. The Labute approximate surface area is 166 Å². The molecular weight excluding hydrogens is 378 g/mol. The van der Waals surface area contributed by atoms with Gasteiger partial charge in [0.2, 0.25) is 0 Å². The third kappa shape index (κ3) is 3.55. The Balaban J connectivity index is 1.40. The molecule has 2 fully saturated rings. The van der Waals surface area contributed by atoms with Crippen LogP contribution < -0.4 is 21.1 Å². The number of amides is 4. The van der Waals surface area contributed by atoms with Gasteiger partial charge in [0.05, 0.1) is 0 Å². The van der Waals surface area contributed by atoms with Crippen LogP contribution in [0, 0.1) is 6.92 Å². The molecule has 1 aliphatic carbocycles. The predicted octanol–water partition coefficient (Wildman–Crippen LogP) is 1.77. The zero-order chi connectivity index (χ0) is 20.6. The van der Waals surface area contributed by atoms with Crippen molar-refractivity contribution in [3.05, 3.63) is 40.2 Å². The average molecular weight is 399 g/mol. The first-order chi connectivity index (χ1) is 13.9. The van der Waals surface area contributed by atoms with E-state index < -0.39 is 35.6 Å². The molecule has 4 rings (SSSR count). The van der Waals surface area contributed by atoms with Gasteiger partial charge in [-0.3, -0.25) is 15.0 Å². The number of benzene rings is 1. The zero-order valence-corrected chi connectivity index (χ0v) is 15.9. The molecule has 0 unspecified atom stereocenters. The zero-order valence-electron chi connectivity index (χ0n) is 15.9. The van der Waals surface area contributed by atoms with Crippen LogP contribution in [0.15, 0.2) is 33.5 Å². The summed E-state index contributed by atoms with van der Waals surface area (Å²) in [6, 6.07) is 5.65. The number of ether oxygens (including phenoxy) is 1. The lowest BCUT2D eigenvalue weighted by Gasteiger charge is -2.30. The molecule has 1 aromatic heterocycles. The topological polar surface area (TPSA) is 118 Å². The Morgan fingerprint density at radius 1 is 1.21 bits per heavy atom. The number of rotatable bonds is 4. The summed E-state index contributed by atoms with van der Waals surface area (Å²) in [5.41, 5.74) is 2.05. The van der Waals surface area contributed by atoms with Gasteiger partial charge in [-0.1, -0.05) is 19.3 Å². The van der Waals surface area contributed by atoms with Crippen molar-refractivity contribution in [2.24, 2.45) is 0 Å². The van der Waals surface area contributed by atoms with Gasteiger partial charge in [-0.25, -0.2) is 9.59 Å². The van der Waals surface area contributed by atoms with Crippen molar-refractivity contribution in [3.8, 4) is 5.75 Å². The highest BCUT2D eigenvalue weighted by atomic mass is 16.5. The summed E-state index contributed by atoms with van der Waals surface area (Å²) < 4.78 is 10.6. The van der Waals surface area contributed by atoms with Gasteiger partial charge in [0.15, 0.2) is 6.61 Å². The van der Waals surface area contributed by atoms with Crippen LogP contribution in [-0.2, 0) is 9.59 Å². The normalized spacial score (nSPS) is 18.2. The van der Waals surface area contributed by atoms with Crippen LogP contribution >= 0.6 is 0 Å². The van der Waals surface area contributed by atoms with Gasteiger partial charge in [0.25, 0.3) is 11.8 Å². The monoisotopic (exact) mass is 399 g/mol. The Bertz CT molecular complexity index is 1050. The number of hydrogen-bond donors (Lipinski definition) is 2. The van der Waals surface area contributed by atoms with Crippen molar-refractivity contribution in [1.82, 2.24) is 15.8 Å². The van der Waals surface area contributed by atoms with Crippen LogP contribution in [0.4, 0.5) is 4.79 Å². The summed E-state index contributed by atoms with van der Waals surface area (Å²) >= 11 is 0. The molecule has 1 aliphatic heterocycles. The molecule has 1 spiro atoms. The number of carbonyl (C=O) groups is 3. The number of carbonyl (C=O) groups excluding carboxylic acids is 3. The molecule has 0 atom stereocenters. The van der Waals surface area contributed by atoms with Gasteiger partial charge in [-0.15, -0.1) is 0 Å². The van der Waals surface area contributed by atoms with Crippen LogP contribution in [-0.4, -0.2) is 35.0 Å². The molecule has 0 bridgehead atoms. The molecule has 2 aliphatic rings. The lowest BCUT2D eigenvalue weighted by Crippen LogP contribution is -2.51. The molecule has 0 radical (unpaired) electrons. The minimum Gasteiger partial charge on any atom is -0.484 e. The predicted molar refractivity (Wildman–Crippen MR) is 102 cm³/mol. The summed E-state index contributed by atoms with van der Waals surface area (Å²) in [6.45, 7) is 1.38. The maximum Gasteiger partial charge on any atom is 0.344 e. The average Bonchev–Trinajstić information content (AvgIpc) is 2.90. The minimum absolute atomic E-state index is 0.322. The van der Waals surface area contributed by atoms with E-state index in [9.17, 15) is 19.2 Å². The van der Waals surface area contributed by atoms with Crippen molar-refractivity contribution in [2.45, 2.75) is 44.6 Å². The second-order valence-electron chi connectivity index (χ2n) is 7.44. The largest absolute Gasteiger partial charge is 0.484 e. The number of hydrazine groups is 1. The van der Waals surface area contributed by atoms with Gasteiger partial charge in [0, 0.05) is 17.5 Å². The van der Waals surface area contributed by atoms with E-state index in [1.807, 2.05) is 0 Å². The molecular formula is C20H21N3O6. The SMILES string of the molecule is Cc1cc(=O)oc2cc(OCC(=O)NN3C(=O)NC4(CCCCC4)C3=O)ccc12. The fourth-order valence-electron chi connectivity index (χ4n) is 3.92. The minimum atomic E-state index is -0.906. The molecule has 152 valence electrons. The van der Waals surface area contributed by atoms with Crippen molar-refractivity contribution >= 4 is 28.8 Å². The first-order valence-corrected chi connectivity index (χ1v) is 9.51. The number of nitrogens with zero attached hydrogens (tertiary/aromatic N) is 1. The first kappa shape index (κ1) is 19.0. The fourth-order valence-corrected chi connectivity index (χ4v) is 3.92. The summed E-state index contributed by atoms with van der Waals surface area (Å²) in [6.07, 6.45) is 3.88. The smallest absolute Gasteiger partial charge is 0.344 e. The third-order valence-electron chi connectivity index (χ3n) is 5.40. The second kappa shape index (κ2) is 7.23. The van der Waals surface area contributed by atoms with Crippen molar-refractivity contribution in [1.29, 1.82) is 0 Å². The van der Waals surface area contributed by atoms with Crippen LogP contribution in [0.3, 0.4) is 0 Å². The molecule has 4 amide bonds. The van der Waals surface area contributed by atoms with E-state index in [2.05, 4.69) is 10.7 Å². The Morgan fingerprint density at radius 3 is 2.72 bits per heavy atom. The summed E-state index contributed by atoms with van der Waals surface area (Å²) in [5, 5.41) is 4.22. The molecule has 2 aromatic rings. The van der Waals surface area contributed by atoms with E-state index in [0.717, 1.165) is 35.2 Å². The number of hydrogen-bond acceptors (Lipinski definition) is 6. The molecule has 9 nitrogen and oxygen atoms in total. The second-order valence-corrected chi connectivity index (χ2v) is 7.44. The Kier molecular flexibility index (Phi) is 4.73. The molecule has 2 N–H and O–H groups in total. The van der Waals surface area contributed by atoms with E-state index in [1.54, 1.807) is 19.1 Å². The molecule has 9 heteroatoms. The van der Waals surface area contributed by atoms with Gasteiger partial charge in [-0.2, -0.15) is 5.01 Å². The highest BCUT2D eigenvalue weighted by molar-refractivity contribution is 6.08. The van der Waals surface area contributed by atoms with E-state index in [1.165, 1.54) is 12.1 Å². The lowest BCUT2D eigenvalue weighted by atomic mass is 9.82. The summed E-state index contributed by atoms with van der Waals surface area (Å²) in [4.78, 5) is 48.6. The number of aryl methyl sites for hydroxylation is 1. The van der Waals surface area contributed by atoms with E-state index in [-0.39, 0.29) is 0 Å². The number of nitrogens with one attached hydrogen (secondary N) is 2. The Hall–Kier alpha value is -3.36. The van der Waals surface area contributed by atoms with Gasteiger partial charge in [0.1, 0.15) is 16.9 Å². The van der Waals surface area contributed by atoms with E-state index >= 15 is 0 Å². The van der Waals surface area contributed by atoms with Crippen LogP contribution in [0.1, 0.15) is 37.7 Å². The van der Waals surface area contributed by atoms with Crippen LogP contribution in [0.2, 0.25) is 0 Å². The highest BCUT2D eigenvalue weighted by Crippen LogP contribution is 2.33. The van der Waals surface area contributed by atoms with E-state index in [0.29, 0.717) is 24.2 Å². The number of urea groups is 1. The summed E-state index contributed by atoms with van der Waals surface area (Å²) in [7, 11) is 0. The Morgan fingerprint density at radius 2 is 1.97 bits per heavy atom. The van der Waals surface area contributed by atoms with E-state index in [4.69, 9.17) is 9.15 Å². The highest BCUT2D eigenvalue weighted by Gasteiger charge is 2.52. The van der Waals surface area contributed by atoms with Crippen LogP contribution in [0.25, 0.3) is 11.0 Å². The fraction of sp³-hybridized carbons (Fsp3) is 0.400. The van der Waals surface area contributed by atoms with Crippen molar-refractivity contribution in [2.75, 3.05) is 6.61 Å². The van der Waals surface area contributed by atoms with Gasteiger partial charge >= 0.3 is 11.7 Å². The molecule has 1 saturated heterocycles. The molecule has 29 heavy (non-hydrogen) atoms. The quantitative estimate of drug-likeness (QED) is 0.598. The maximum absolute atomic E-state index is 12.7. The number of imide groups is 1. The summed E-state index contributed by atoms with van der Waals surface area (Å²) in [5.74, 6) is -0.756. The van der Waals surface area contributed by atoms with Crippen molar-refractivity contribution in [3.63, 3.8) is 0 Å². The number of fused-ring (bicyclic) bond motifs is 1. The maximum atomic E-state index is 12.7. The van der Waals surface area contributed by atoms with Crippen molar-refractivity contribution < 1.29 is 23.5 Å². The molecule has 1 aromatic carbocycles. The van der Waals surface area contributed by atoms with Gasteiger partial charge in [-0.05, 0) is 37.5 Å². The van der Waals surface area contributed by atoms with Crippen LogP contribution in [0.5, 0.6) is 5.75 Å². The third-order valence-corrected chi connectivity index (χ3v) is 5.40. The first-order valence-electron chi connectivity index (χ1n) is 9.51.